The molecule has 0 aromatic heterocycles. The molecule has 23 heavy (non-hydrogen) atoms. The van der Waals surface area contributed by atoms with Crippen LogP contribution in [-0.2, 0) is 4.79 Å². The highest BCUT2D eigenvalue weighted by Gasteiger charge is 2.34. The lowest BCUT2D eigenvalue weighted by Crippen LogP contribution is -2.18. The van der Waals surface area contributed by atoms with Crippen molar-refractivity contribution in [1.82, 2.24) is 0 Å². The van der Waals surface area contributed by atoms with Crippen LogP contribution in [0.3, 0.4) is 0 Å². The quantitative estimate of drug-likeness (QED) is 0.487. The second kappa shape index (κ2) is 5.56. The average Bonchev–Trinajstić information content (AvgIpc) is 2.89. The maximum Gasteiger partial charge on any atom is 0.323 e. The van der Waals surface area contributed by atoms with Crippen molar-refractivity contribution in [3.05, 3.63) is 88.9 Å². The van der Waals surface area contributed by atoms with Gasteiger partial charge in [0.2, 0.25) is 0 Å². The smallest absolute Gasteiger partial charge is 0.323 e. The molecule has 3 aromatic carbocycles. The predicted octanol–water partition coefficient (Wildman–Crippen LogP) is 5.06. The molecule has 0 saturated heterocycles. The number of carbonyl (C=O) groups is 1. The zero-order valence-corrected chi connectivity index (χ0v) is 13.0. The normalized spacial score (nSPS) is 12.6. The summed E-state index contributed by atoms with van der Waals surface area (Å²) in [5, 5.41) is 0.544. The van der Waals surface area contributed by atoms with E-state index in [0.717, 1.165) is 22.3 Å². The van der Waals surface area contributed by atoms with E-state index in [2.05, 4.69) is 0 Å². The van der Waals surface area contributed by atoms with Crippen molar-refractivity contribution < 1.29 is 9.53 Å². The summed E-state index contributed by atoms with van der Waals surface area (Å²) in [6, 6.07) is 22.8. The van der Waals surface area contributed by atoms with Gasteiger partial charge in [-0.3, -0.25) is 4.79 Å². The Labute approximate surface area is 139 Å². The molecule has 0 amide bonds. The van der Waals surface area contributed by atoms with Crippen LogP contribution in [0.15, 0.2) is 72.8 Å². The van der Waals surface area contributed by atoms with E-state index in [9.17, 15) is 4.79 Å². The topological polar surface area (TPSA) is 26.3 Å². The van der Waals surface area contributed by atoms with E-state index in [-0.39, 0.29) is 5.97 Å². The van der Waals surface area contributed by atoms with E-state index in [0.29, 0.717) is 10.8 Å². The van der Waals surface area contributed by atoms with E-state index in [1.54, 1.807) is 24.3 Å². The largest absolute Gasteiger partial charge is 0.426 e. The third kappa shape index (κ3) is 2.41. The summed E-state index contributed by atoms with van der Waals surface area (Å²) in [5.41, 5.74) is 4.16. The van der Waals surface area contributed by atoms with Gasteiger partial charge in [0.1, 0.15) is 11.7 Å². The zero-order chi connectivity index (χ0) is 15.8. The molecule has 0 spiro atoms. The van der Waals surface area contributed by atoms with Crippen molar-refractivity contribution in [3.63, 3.8) is 0 Å². The van der Waals surface area contributed by atoms with Crippen LogP contribution in [0.5, 0.6) is 5.75 Å². The predicted molar refractivity (Wildman–Crippen MR) is 90.8 cm³/mol. The molecule has 0 radical (unpaired) electrons. The third-order valence-corrected chi connectivity index (χ3v) is 4.32. The molecule has 0 fully saturated rings. The summed E-state index contributed by atoms with van der Waals surface area (Å²) >= 11 is 5.96. The number of hydrogen-bond donors (Lipinski definition) is 0. The van der Waals surface area contributed by atoms with Crippen LogP contribution < -0.4 is 4.74 Å². The summed E-state index contributed by atoms with van der Waals surface area (Å²) in [7, 11) is 0. The fraction of sp³-hybridized carbons (Fsp3) is 0.0500. The molecule has 0 unspecified atom stereocenters. The fourth-order valence-electron chi connectivity index (χ4n) is 3.12. The third-order valence-electron chi connectivity index (χ3n) is 4.08. The highest BCUT2D eigenvalue weighted by atomic mass is 35.5. The van der Waals surface area contributed by atoms with E-state index in [1.807, 2.05) is 48.5 Å². The van der Waals surface area contributed by atoms with Crippen LogP contribution in [0, 0.1) is 0 Å². The van der Waals surface area contributed by atoms with E-state index < -0.39 is 5.92 Å². The van der Waals surface area contributed by atoms with Gasteiger partial charge in [0.15, 0.2) is 0 Å². The van der Waals surface area contributed by atoms with Gasteiger partial charge in [0.25, 0.3) is 0 Å². The molecule has 0 bridgehead atoms. The minimum absolute atomic E-state index is 0.287. The summed E-state index contributed by atoms with van der Waals surface area (Å²) < 4.78 is 5.57. The monoisotopic (exact) mass is 320 g/mol. The molecular formula is C20H13ClO2. The number of fused-ring (bicyclic) bond motifs is 3. The summed E-state index contributed by atoms with van der Waals surface area (Å²) in [6.45, 7) is 0. The number of hydrogen-bond acceptors (Lipinski definition) is 2. The molecule has 0 aliphatic heterocycles. The van der Waals surface area contributed by atoms with E-state index in [4.69, 9.17) is 16.3 Å². The highest BCUT2D eigenvalue weighted by molar-refractivity contribution is 6.30. The molecule has 112 valence electrons. The first-order valence-electron chi connectivity index (χ1n) is 7.39. The SMILES string of the molecule is O=C(Oc1cccc(Cl)c1)C1c2ccccc2-c2ccccc21. The molecule has 3 aromatic rings. The first kappa shape index (κ1) is 14.0. The first-order valence-corrected chi connectivity index (χ1v) is 7.77. The van der Waals surface area contributed by atoms with Crippen molar-refractivity contribution in [2.75, 3.05) is 0 Å². The van der Waals surface area contributed by atoms with Crippen LogP contribution in [-0.4, -0.2) is 5.97 Å². The average molecular weight is 321 g/mol. The second-order valence-electron chi connectivity index (χ2n) is 5.49. The van der Waals surface area contributed by atoms with Gasteiger partial charge in [0.05, 0.1) is 0 Å². The van der Waals surface area contributed by atoms with Crippen molar-refractivity contribution in [2.45, 2.75) is 5.92 Å². The number of esters is 1. The molecule has 1 aliphatic carbocycles. The Morgan fingerprint density at radius 3 is 2.04 bits per heavy atom. The molecule has 4 rings (SSSR count). The van der Waals surface area contributed by atoms with Crippen LogP contribution in [0.1, 0.15) is 17.0 Å². The minimum Gasteiger partial charge on any atom is -0.426 e. The molecular weight excluding hydrogens is 308 g/mol. The lowest BCUT2D eigenvalue weighted by atomic mass is 9.97. The maximum absolute atomic E-state index is 12.8. The van der Waals surface area contributed by atoms with Gasteiger partial charge in [0, 0.05) is 5.02 Å². The molecule has 0 saturated carbocycles. The zero-order valence-electron chi connectivity index (χ0n) is 12.2. The van der Waals surface area contributed by atoms with Gasteiger partial charge >= 0.3 is 5.97 Å². The summed E-state index contributed by atoms with van der Waals surface area (Å²) in [4.78, 5) is 12.8. The van der Waals surface area contributed by atoms with E-state index in [1.165, 1.54) is 0 Å². The summed E-state index contributed by atoms with van der Waals surface area (Å²) in [5.74, 6) is -0.226. The number of halogens is 1. The Balaban J connectivity index is 1.75. The van der Waals surface area contributed by atoms with Gasteiger partial charge in [-0.25, -0.2) is 0 Å². The number of ether oxygens (including phenoxy) is 1. The van der Waals surface area contributed by atoms with Gasteiger partial charge in [-0.1, -0.05) is 66.2 Å². The molecule has 0 N–H and O–H groups in total. The number of benzene rings is 3. The van der Waals surface area contributed by atoms with Crippen LogP contribution in [0.2, 0.25) is 5.02 Å². The van der Waals surface area contributed by atoms with Crippen molar-refractivity contribution in [2.24, 2.45) is 0 Å². The van der Waals surface area contributed by atoms with Gasteiger partial charge in [-0.15, -0.1) is 0 Å². The van der Waals surface area contributed by atoms with Crippen LogP contribution in [0.25, 0.3) is 11.1 Å². The van der Waals surface area contributed by atoms with Crippen LogP contribution in [0.4, 0.5) is 0 Å². The van der Waals surface area contributed by atoms with Crippen molar-refractivity contribution in [3.8, 4) is 16.9 Å². The Morgan fingerprint density at radius 1 is 0.826 bits per heavy atom. The Hall–Kier alpha value is -2.58. The molecule has 0 atom stereocenters. The lowest BCUT2D eigenvalue weighted by molar-refractivity contribution is -0.135. The lowest BCUT2D eigenvalue weighted by Gasteiger charge is -2.13. The van der Waals surface area contributed by atoms with Crippen molar-refractivity contribution >= 4 is 17.6 Å². The van der Waals surface area contributed by atoms with E-state index >= 15 is 0 Å². The fourth-order valence-corrected chi connectivity index (χ4v) is 3.30. The summed E-state index contributed by atoms with van der Waals surface area (Å²) in [6.07, 6.45) is 0. The second-order valence-corrected chi connectivity index (χ2v) is 5.92. The standard InChI is InChI=1S/C20H13ClO2/c21-13-6-5-7-14(12-13)23-20(22)19-17-10-3-1-8-15(17)16-9-2-4-11-18(16)19/h1-12,19H. The van der Waals surface area contributed by atoms with Gasteiger partial charge in [-0.2, -0.15) is 0 Å². The maximum atomic E-state index is 12.8. The Kier molecular flexibility index (Phi) is 3.40. The Bertz CT molecular complexity index is 856. The van der Waals surface area contributed by atoms with Gasteiger partial charge < -0.3 is 4.74 Å². The highest BCUT2D eigenvalue weighted by Crippen LogP contribution is 2.45. The van der Waals surface area contributed by atoms with Crippen molar-refractivity contribution in [1.29, 1.82) is 0 Å². The molecule has 2 nitrogen and oxygen atoms in total. The van der Waals surface area contributed by atoms with Crippen LogP contribution >= 0.6 is 11.6 Å². The van der Waals surface area contributed by atoms with Gasteiger partial charge in [-0.05, 0) is 40.5 Å². The molecule has 3 heteroatoms. The number of carbonyl (C=O) groups excluding carboxylic acids is 1. The molecule has 1 aliphatic rings. The molecule has 0 heterocycles. The minimum atomic E-state index is -0.401. The Morgan fingerprint density at radius 2 is 1.43 bits per heavy atom. The first-order chi connectivity index (χ1) is 11.2. The number of rotatable bonds is 2.